The number of hydrogen-bond donors (Lipinski definition) is 20. The van der Waals surface area contributed by atoms with Crippen LogP contribution < -0.4 is 61.3 Å². The summed E-state index contributed by atoms with van der Waals surface area (Å²) in [6, 6.07) is 0. The lowest BCUT2D eigenvalue weighted by Crippen LogP contribution is -2.54. The van der Waals surface area contributed by atoms with Gasteiger partial charge in [0.1, 0.15) is 36.6 Å². The van der Waals surface area contributed by atoms with Crippen LogP contribution in [-0.4, -0.2) is 379 Å². The van der Waals surface area contributed by atoms with E-state index in [0.717, 1.165) is 43.4 Å². The Balaban J connectivity index is 1.26. The van der Waals surface area contributed by atoms with E-state index in [0.29, 0.717) is 36.4 Å². The van der Waals surface area contributed by atoms with Crippen LogP contribution in [0.4, 0.5) is 0 Å². The fraction of sp³-hybridized carbons (Fsp3) is 0.803. The van der Waals surface area contributed by atoms with Gasteiger partial charge in [-0.05, 0) is 32.1 Å². The SMILES string of the molecule is N/C(=C\N(N)C[C@@H]1CO[C@H](CO)[C@H](O)[C@@H]1O)COCCOCCOCCNC(=O)CCC(CCC(=O)NCCOCCOCCOC/C(N)=C/N(N)C[C@@H]1CO[C@H](CO)[C@H](O)[C@@H]1O)(CCC(=O)NCCOCCOCCOC/C(N)=C/N(N)C[C@@H]1CO[C@H](CO)[C@H](O)[C@@H]1O)NC(=O)CCCCCCCCCCC(=O)NCCN1C(=O)C=CC1=O. The first-order chi connectivity index (χ1) is 57.3. The normalized spacial score (nSPS) is 22.5. The summed E-state index contributed by atoms with van der Waals surface area (Å²) in [5, 5.41) is 108. The Morgan fingerprint density at radius 3 is 0.975 bits per heavy atom. The topological polar surface area (TPSA) is 642 Å². The van der Waals surface area contributed by atoms with Crippen molar-refractivity contribution >= 4 is 41.4 Å². The maximum absolute atomic E-state index is 14.1. The van der Waals surface area contributed by atoms with Gasteiger partial charge in [-0.15, -0.1) is 0 Å². The Labute approximate surface area is 696 Å². The average Bonchev–Trinajstić information content (AvgIpc) is 1.35. The fourth-order valence-electron chi connectivity index (χ4n) is 13.1. The summed E-state index contributed by atoms with van der Waals surface area (Å²) in [6.45, 7) is 2.92. The van der Waals surface area contributed by atoms with Crippen molar-refractivity contribution in [3.63, 3.8) is 0 Å². The Morgan fingerprint density at radius 2 is 0.664 bits per heavy atom. The predicted molar refractivity (Wildman–Crippen MR) is 426 cm³/mol. The molecule has 0 aliphatic carbocycles. The maximum Gasteiger partial charge on any atom is 0.253 e. The minimum absolute atomic E-state index is 0.0290. The zero-order chi connectivity index (χ0) is 87.0. The molecule has 43 nitrogen and oxygen atoms in total. The molecule has 3 fully saturated rings. The number of carbonyl (C=O) groups excluding carboxylic acids is 7. The number of unbranched alkanes of at least 4 members (excludes halogenated alkanes) is 7. The zero-order valence-electron chi connectivity index (χ0n) is 68.8. The molecule has 686 valence electrons. The van der Waals surface area contributed by atoms with Crippen molar-refractivity contribution in [2.45, 2.75) is 163 Å². The van der Waals surface area contributed by atoms with E-state index in [1.807, 2.05) is 0 Å². The second-order valence-electron chi connectivity index (χ2n) is 29.6. The number of aliphatic hydroxyl groups is 9. The molecule has 7 amide bonds. The molecule has 0 radical (unpaired) electrons. The third-order valence-corrected chi connectivity index (χ3v) is 19.8. The number of ether oxygens (including phenoxy) is 12. The molecule has 4 aliphatic rings. The molecule has 0 spiro atoms. The molecule has 26 N–H and O–H groups in total. The monoisotopic (exact) mass is 1710 g/mol. The first-order valence-electron chi connectivity index (χ1n) is 41.1. The highest BCUT2D eigenvalue weighted by Gasteiger charge is 2.41. The fourth-order valence-corrected chi connectivity index (χ4v) is 13.1. The van der Waals surface area contributed by atoms with Gasteiger partial charge in [-0.2, -0.15) is 0 Å². The van der Waals surface area contributed by atoms with E-state index in [-0.39, 0.29) is 266 Å². The minimum Gasteiger partial charge on any atom is -0.399 e. The smallest absolute Gasteiger partial charge is 0.253 e. The summed E-state index contributed by atoms with van der Waals surface area (Å²) in [6.07, 6.45) is 3.57. The van der Waals surface area contributed by atoms with Crippen molar-refractivity contribution in [3.8, 4) is 0 Å². The lowest BCUT2D eigenvalue weighted by Gasteiger charge is -2.38. The van der Waals surface area contributed by atoms with Gasteiger partial charge in [-0.25, -0.2) is 17.5 Å². The second-order valence-corrected chi connectivity index (χ2v) is 29.6. The standard InChI is InChI=1S/C76H139N15O28/c77-57(42-88(80)39-54-48-117-60(45-92)73(105)70(54)102)51-114-36-33-111-30-27-108-24-20-84-64(96)13-16-76(87-67(99)10-8-6-4-2-1-3-5-7-9-63(95)83-19-23-91-68(100)11-12-69(91)101,17-14-65(97)85-21-25-109-28-31-112-34-37-115-52-58(78)43-89(81)40-55-49-118-61(46-93)74(106)71(55)103)18-15-66(98)86-22-26-110-29-32-113-35-38-116-53-59(79)44-90(82)41-56-50-119-62(47-94)75(107)72(56)104/h11-12,42-44,54-56,60-62,70-75,92-94,102-107H,1-10,13-41,45-53,77-82H2,(H,83,95)(H,84,96)(H,85,97)(H,86,98)(H,87,99)/b57-42-,58-43-,59-44-/t54-,55-,56-,60-,61-,62-,70-,71-,72-,73+,74+,75+/m1/s1. The lowest BCUT2D eigenvalue weighted by atomic mass is 9.82. The lowest BCUT2D eigenvalue weighted by molar-refractivity contribution is -0.176. The second kappa shape index (κ2) is 62.4. The number of aliphatic hydroxyl groups excluding tert-OH is 9. The van der Waals surface area contributed by atoms with Gasteiger partial charge in [-0.3, -0.25) is 38.5 Å². The highest BCUT2D eigenvalue weighted by atomic mass is 16.6. The van der Waals surface area contributed by atoms with Gasteiger partial charge in [0, 0.05) is 139 Å². The highest BCUT2D eigenvalue weighted by molar-refractivity contribution is 6.12. The number of carbonyl (C=O) groups is 7. The Bertz CT molecular complexity index is 2730. The molecule has 43 heteroatoms. The van der Waals surface area contributed by atoms with Crippen LogP contribution in [-0.2, 0) is 90.4 Å². The van der Waals surface area contributed by atoms with Crippen LogP contribution in [0.5, 0.6) is 0 Å². The molecule has 4 rings (SSSR count). The first-order valence-corrected chi connectivity index (χ1v) is 41.1. The number of nitrogens with zero attached hydrogens (tertiary/aromatic N) is 4. The molecule has 0 saturated carbocycles. The molecule has 0 aromatic carbocycles. The number of hydrogen-bond acceptors (Lipinski definition) is 37. The van der Waals surface area contributed by atoms with Crippen LogP contribution in [0.2, 0.25) is 0 Å². The molecule has 0 bridgehead atoms. The number of nitrogens with one attached hydrogen (secondary N) is 5. The summed E-state index contributed by atoms with van der Waals surface area (Å²) in [5.41, 5.74) is 17.9. The van der Waals surface area contributed by atoms with Gasteiger partial charge in [0.15, 0.2) is 0 Å². The number of amides is 7. The maximum atomic E-state index is 14.1. The number of rotatable bonds is 69. The van der Waals surface area contributed by atoms with Gasteiger partial charge in [0.2, 0.25) is 29.5 Å². The Hall–Kier alpha value is -6.71. The molecule has 4 heterocycles. The summed E-state index contributed by atoms with van der Waals surface area (Å²) in [4.78, 5) is 92.0. The molecule has 119 heavy (non-hydrogen) atoms. The van der Waals surface area contributed by atoms with Gasteiger partial charge < -0.3 is 162 Å². The average molecular weight is 1710 g/mol. The van der Waals surface area contributed by atoms with E-state index in [9.17, 15) is 79.5 Å². The molecule has 0 unspecified atom stereocenters. The van der Waals surface area contributed by atoms with Crippen LogP contribution in [0, 0.1) is 17.8 Å². The van der Waals surface area contributed by atoms with Crippen LogP contribution >= 0.6 is 0 Å². The van der Waals surface area contributed by atoms with E-state index in [1.165, 1.54) is 45.8 Å². The molecule has 12 atom stereocenters. The highest BCUT2D eigenvalue weighted by Crippen LogP contribution is 2.28. The molecular formula is C76H139N15O28. The van der Waals surface area contributed by atoms with Crippen molar-refractivity contribution in [2.75, 3.05) is 211 Å². The molecular weight excluding hydrogens is 1570 g/mol. The number of hydrazine groups is 3. The van der Waals surface area contributed by atoms with E-state index in [1.54, 1.807) is 0 Å². The molecule has 3 saturated heterocycles. The van der Waals surface area contributed by atoms with Crippen LogP contribution in [0.25, 0.3) is 0 Å². The van der Waals surface area contributed by atoms with Crippen LogP contribution in [0.15, 0.2) is 47.8 Å². The summed E-state index contributed by atoms with van der Waals surface area (Å²) in [5.74, 6) is 14.2. The summed E-state index contributed by atoms with van der Waals surface area (Å²) in [7, 11) is 0. The van der Waals surface area contributed by atoms with Gasteiger partial charge >= 0.3 is 0 Å². The first kappa shape index (κ1) is 105. The zero-order valence-corrected chi connectivity index (χ0v) is 68.8. The van der Waals surface area contributed by atoms with Crippen molar-refractivity contribution in [2.24, 2.45) is 52.5 Å². The Kier molecular flexibility index (Phi) is 54.9. The van der Waals surface area contributed by atoms with Gasteiger partial charge in [0.25, 0.3) is 11.8 Å². The quantitative estimate of drug-likeness (QED) is 0.0116. The summed E-state index contributed by atoms with van der Waals surface area (Å²) < 4.78 is 66.9. The van der Waals surface area contributed by atoms with E-state index >= 15 is 0 Å². The summed E-state index contributed by atoms with van der Waals surface area (Å²) >= 11 is 0. The third-order valence-electron chi connectivity index (χ3n) is 19.8. The van der Waals surface area contributed by atoms with Crippen molar-refractivity contribution < 1.29 is 136 Å². The predicted octanol–water partition coefficient (Wildman–Crippen LogP) is -7.26. The third kappa shape index (κ3) is 45.3. The minimum atomic E-state index is -1.26. The van der Waals surface area contributed by atoms with Crippen LogP contribution in [0.3, 0.4) is 0 Å². The molecule has 4 aliphatic heterocycles. The van der Waals surface area contributed by atoms with Crippen molar-refractivity contribution in [1.82, 2.24) is 46.5 Å². The van der Waals surface area contributed by atoms with Gasteiger partial charge in [0.05, 0.1) is 194 Å². The Morgan fingerprint density at radius 1 is 0.395 bits per heavy atom. The molecule has 0 aromatic rings. The largest absolute Gasteiger partial charge is 0.399 e. The van der Waals surface area contributed by atoms with E-state index in [4.69, 9.17) is 91.6 Å². The number of imide groups is 1. The van der Waals surface area contributed by atoms with E-state index in [2.05, 4.69) is 26.6 Å². The van der Waals surface area contributed by atoms with Crippen molar-refractivity contribution in [3.05, 3.63) is 47.8 Å². The van der Waals surface area contributed by atoms with Crippen LogP contribution in [0.1, 0.15) is 103 Å². The van der Waals surface area contributed by atoms with Crippen molar-refractivity contribution in [1.29, 1.82) is 0 Å². The molecule has 0 aromatic heterocycles. The van der Waals surface area contributed by atoms with Gasteiger partial charge in [-0.1, -0.05) is 38.5 Å². The number of nitrogens with two attached hydrogens (primary N) is 6. The van der Waals surface area contributed by atoms with E-state index < -0.39 is 110 Å².